The quantitative estimate of drug-likeness (QED) is 0.628. The zero-order valence-electron chi connectivity index (χ0n) is 11.6. The molecule has 0 N–H and O–H groups in total. The molecule has 1 saturated heterocycles. The third-order valence-corrected chi connectivity index (χ3v) is 3.54. The summed E-state index contributed by atoms with van der Waals surface area (Å²) in [5, 5.41) is 0. The Bertz CT molecular complexity index is 416. The highest BCUT2D eigenvalue weighted by atomic mass is 28.4. The van der Waals surface area contributed by atoms with Gasteiger partial charge in [0.1, 0.15) is 12.0 Å². The zero-order chi connectivity index (χ0) is 13.9. The van der Waals surface area contributed by atoms with Crippen molar-refractivity contribution in [2.75, 3.05) is 13.2 Å². The van der Waals surface area contributed by atoms with Crippen molar-refractivity contribution in [2.45, 2.75) is 25.9 Å². The van der Waals surface area contributed by atoms with E-state index in [9.17, 15) is 4.79 Å². The summed E-state index contributed by atoms with van der Waals surface area (Å²) in [5.74, 6) is 0.732. The van der Waals surface area contributed by atoms with E-state index >= 15 is 0 Å². The minimum Gasteiger partial charge on any atom is -0.544 e. The summed E-state index contributed by atoms with van der Waals surface area (Å²) in [6.07, 6.45) is 0.498. The number of hydrogen-bond donors (Lipinski definition) is 0. The van der Waals surface area contributed by atoms with Gasteiger partial charge in [-0.1, -0.05) is 12.1 Å². The highest BCUT2D eigenvalue weighted by molar-refractivity contribution is 6.70. The Labute approximate surface area is 114 Å². The van der Waals surface area contributed by atoms with Crippen LogP contribution in [0.15, 0.2) is 24.3 Å². The molecule has 104 valence electrons. The molecule has 0 spiro atoms. The van der Waals surface area contributed by atoms with Gasteiger partial charge in [-0.25, -0.2) is 0 Å². The van der Waals surface area contributed by atoms with Crippen LogP contribution in [0.1, 0.15) is 11.9 Å². The molecule has 1 aromatic carbocycles. The highest BCUT2D eigenvalue weighted by Crippen LogP contribution is 2.26. The molecule has 0 bridgehead atoms. The lowest BCUT2D eigenvalue weighted by atomic mass is 10.1. The lowest BCUT2D eigenvalue weighted by Gasteiger charge is -2.27. The fraction of sp³-hybridized carbons (Fsp3) is 0.500. The number of rotatable bonds is 4. The van der Waals surface area contributed by atoms with Crippen LogP contribution in [0.5, 0.6) is 5.75 Å². The molecule has 1 heterocycles. The molecule has 1 fully saturated rings. The van der Waals surface area contributed by atoms with Gasteiger partial charge in [-0.3, -0.25) is 0 Å². The van der Waals surface area contributed by atoms with E-state index in [1.54, 1.807) is 0 Å². The number of carbonyl (C=O) groups is 1. The van der Waals surface area contributed by atoms with E-state index in [-0.39, 0.29) is 12.2 Å². The molecule has 1 aliphatic heterocycles. The molecule has 5 heteroatoms. The first kappa shape index (κ1) is 14.2. The summed E-state index contributed by atoms with van der Waals surface area (Å²) in [6, 6.07) is 7.76. The van der Waals surface area contributed by atoms with Gasteiger partial charge in [0.15, 0.2) is 6.29 Å². The predicted octanol–water partition coefficient (Wildman–Crippen LogP) is 2.76. The van der Waals surface area contributed by atoms with E-state index in [2.05, 4.69) is 19.6 Å². The van der Waals surface area contributed by atoms with Gasteiger partial charge in [-0.2, -0.15) is 0 Å². The van der Waals surface area contributed by atoms with Crippen LogP contribution in [0.3, 0.4) is 0 Å². The lowest BCUT2D eigenvalue weighted by Crippen LogP contribution is -2.29. The summed E-state index contributed by atoms with van der Waals surface area (Å²) in [4.78, 5) is 10.6. The van der Waals surface area contributed by atoms with E-state index < -0.39 is 8.32 Å². The topological polar surface area (TPSA) is 44.8 Å². The maximum absolute atomic E-state index is 10.6. The summed E-state index contributed by atoms with van der Waals surface area (Å²) in [6.45, 7) is 7.28. The number of benzene rings is 1. The second kappa shape index (κ2) is 5.86. The smallest absolute Gasteiger partial charge is 0.242 e. The zero-order valence-corrected chi connectivity index (χ0v) is 12.6. The second-order valence-corrected chi connectivity index (χ2v) is 10.1. The van der Waals surface area contributed by atoms with Crippen molar-refractivity contribution in [1.29, 1.82) is 0 Å². The molecule has 0 amide bonds. The minimum absolute atomic E-state index is 0.147. The molecule has 0 aromatic heterocycles. The molecule has 2 rings (SSSR count). The van der Waals surface area contributed by atoms with Gasteiger partial charge in [0.2, 0.25) is 8.32 Å². The van der Waals surface area contributed by atoms with Crippen LogP contribution in [-0.4, -0.2) is 27.8 Å². The maximum atomic E-state index is 10.6. The average molecular weight is 280 g/mol. The van der Waals surface area contributed by atoms with E-state index in [4.69, 9.17) is 13.9 Å². The number of carbonyl (C=O) groups excluding carboxylic acids is 1. The van der Waals surface area contributed by atoms with Crippen LogP contribution < -0.4 is 4.43 Å². The van der Waals surface area contributed by atoms with Gasteiger partial charge < -0.3 is 18.7 Å². The van der Waals surface area contributed by atoms with Crippen LogP contribution in [0.2, 0.25) is 19.6 Å². The normalized spacial score (nSPS) is 23.9. The average Bonchev–Trinajstić information content (AvgIpc) is 2.38. The highest BCUT2D eigenvalue weighted by Gasteiger charge is 2.23. The molecule has 1 aliphatic rings. The molecular weight excluding hydrogens is 260 g/mol. The SMILES string of the molecule is C[Si](C)(C)Oc1ccc(C2OCC(C=O)CO2)cc1. The van der Waals surface area contributed by atoms with Crippen LogP contribution >= 0.6 is 0 Å². The van der Waals surface area contributed by atoms with Crippen molar-refractivity contribution in [3.05, 3.63) is 29.8 Å². The minimum atomic E-state index is -1.57. The Kier molecular flexibility index (Phi) is 4.39. The Balaban J connectivity index is 1.97. The van der Waals surface area contributed by atoms with Crippen molar-refractivity contribution in [2.24, 2.45) is 5.92 Å². The standard InChI is InChI=1S/C14H20O4Si/c1-19(2,3)18-13-6-4-12(5-7-13)14-16-9-11(8-15)10-17-14/h4-8,11,14H,9-10H2,1-3H3. The molecule has 0 atom stereocenters. The summed E-state index contributed by atoms with van der Waals surface area (Å²) < 4.78 is 16.9. The third kappa shape index (κ3) is 4.16. The van der Waals surface area contributed by atoms with Crippen LogP contribution in [0.25, 0.3) is 0 Å². The third-order valence-electron chi connectivity index (χ3n) is 2.69. The number of aldehydes is 1. The summed E-state index contributed by atoms with van der Waals surface area (Å²) >= 11 is 0. The van der Waals surface area contributed by atoms with Gasteiger partial charge in [0.25, 0.3) is 0 Å². The fourth-order valence-electron chi connectivity index (χ4n) is 1.84. The summed E-state index contributed by atoms with van der Waals surface area (Å²) in [7, 11) is -1.57. The van der Waals surface area contributed by atoms with Crippen molar-refractivity contribution in [3.63, 3.8) is 0 Å². The van der Waals surface area contributed by atoms with Gasteiger partial charge >= 0.3 is 0 Å². The molecule has 0 unspecified atom stereocenters. The van der Waals surface area contributed by atoms with E-state index in [0.29, 0.717) is 13.2 Å². The molecule has 0 saturated carbocycles. The number of hydrogen-bond acceptors (Lipinski definition) is 4. The maximum Gasteiger partial charge on any atom is 0.242 e. The molecule has 0 aliphatic carbocycles. The van der Waals surface area contributed by atoms with E-state index in [0.717, 1.165) is 17.6 Å². The Morgan fingerprint density at radius 3 is 2.21 bits per heavy atom. The van der Waals surface area contributed by atoms with Crippen molar-refractivity contribution < 1.29 is 18.7 Å². The van der Waals surface area contributed by atoms with Crippen LogP contribution in [-0.2, 0) is 14.3 Å². The van der Waals surface area contributed by atoms with Gasteiger partial charge in [-0.15, -0.1) is 0 Å². The number of ether oxygens (including phenoxy) is 2. The van der Waals surface area contributed by atoms with E-state index in [1.165, 1.54) is 0 Å². The van der Waals surface area contributed by atoms with Gasteiger partial charge in [0, 0.05) is 5.56 Å². The molecule has 1 aromatic rings. The Morgan fingerprint density at radius 2 is 1.74 bits per heavy atom. The fourth-order valence-corrected chi connectivity index (χ4v) is 2.68. The van der Waals surface area contributed by atoms with E-state index in [1.807, 2.05) is 24.3 Å². The van der Waals surface area contributed by atoms with Gasteiger partial charge in [0.05, 0.1) is 19.1 Å². The first-order chi connectivity index (χ1) is 8.98. The van der Waals surface area contributed by atoms with Crippen molar-refractivity contribution in [1.82, 2.24) is 0 Å². The molecule has 19 heavy (non-hydrogen) atoms. The van der Waals surface area contributed by atoms with Crippen LogP contribution in [0.4, 0.5) is 0 Å². The predicted molar refractivity (Wildman–Crippen MR) is 74.6 cm³/mol. The van der Waals surface area contributed by atoms with Crippen molar-refractivity contribution in [3.8, 4) is 5.75 Å². The lowest BCUT2D eigenvalue weighted by molar-refractivity contribution is -0.201. The first-order valence-corrected chi connectivity index (χ1v) is 9.86. The second-order valence-electron chi connectivity index (χ2n) is 5.68. The molecule has 4 nitrogen and oxygen atoms in total. The monoisotopic (exact) mass is 280 g/mol. The Morgan fingerprint density at radius 1 is 1.16 bits per heavy atom. The largest absolute Gasteiger partial charge is 0.544 e. The van der Waals surface area contributed by atoms with Crippen LogP contribution in [0, 0.1) is 5.92 Å². The Hall–Kier alpha value is -1.17. The molecular formula is C14H20O4Si. The first-order valence-electron chi connectivity index (χ1n) is 6.45. The van der Waals surface area contributed by atoms with Crippen molar-refractivity contribution >= 4 is 14.6 Å². The van der Waals surface area contributed by atoms with Gasteiger partial charge in [-0.05, 0) is 31.8 Å². The molecule has 0 radical (unpaired) electrons. The summed E-state index contributed by atoms with van der Waals surface area (Å²) in [5.41, 5.74) is 0.951.